The summed E-state index contributed by atoms with van der Waals surface area (Å²) in [5.74, 6) is 1.49. The van der Waals surface area contributed by atoms with Gasteiger partial charge in [-0.15, -0.1) is 0 Å². The molecular weight excluding hydrogens is 214 g/mol. The summed E-state index contributed by atoms with van der Waals surface area (Å²) in [6.45, 7) is 6.10. The smallest absolute Gasteiger partial charge is 0.214 e. The number of hydrogen-bond acceptors (Lipinski definition) is 4. The van der Waals surface area contributed by atoms with Gasteiger partial charge in [-0.05, 0) is 30.9 Å². The molecular formula is C13H23N3O. The highest BCUT2D eigenvalue weighted by Gasteiger charge is 2.16. The highest BCUT2D eigenvalue weighted by atomic mass is 16.5. The predicted octanol–water partition coefficient (Wildman–Crippen LogP) is 2.27. The third kappa shape index (κ3) is 5.04. The molecule has 1 aromatic heterocycles. The average Bonchev–Trinajstić information content (AvgIpc) is 2.34. The van der Waals surface area contributed by atoms with Crippen LogP contribution >= 0.6 is 0 Å². The van der Waals surface area contributed by atoms with Crippen LogP contribution in [0.25, 0.3) is 0 Å². The molecule has 0 unspecified atom stereocenters. The quantitative estimate of drug-likeness (QED) is 0.763. The number of aromatic nitrogens is 1. The minimum atomic E-state index is 0.226. The minimum Gasteiger partial charge on any atom is -0.481 e. The Kier molecular flexibility index (Phi) is 5.22. The zero-order valence-corrected chi connectivity index (χ0v) is 11.0. The van der Waals surface area contributed by atoms with Gasteiger partial charge < -0.3 is 15.8 Å². The Balaban J connectivity index is 2.48. The van der Waals surface area contributed by atoms with Crippen molar-refractivity contribution >= 4 is 5.82 Å². The van der Waals surface area contributed by atoms with Gasteiger partial charge in [-0.2, -0.15) is 4.98 Å². The van der Waals surface area contributed by atoms with Crippen molar-refractivity contribution in [1.82, 2.24) is 4.98 Å². The number of rotatable bonds is 7. The molecule has 0 aliphatic rings. The van der Waals surface area contributed by atoms with Crippen LogP contribution in [0.2, 0.25) is 0 Å². The van der Waals surface area contributed by atoms with E-state index in [9.17, 15) is 0 Å². The summed E-state index contributed by atoms with van der Waals surface area (Å²) in [5, 5.41) is 3.34. The maximum Gasteiger partial charge on any atom is 0.214 e. The van der Waals surface area contributed by atoms with Gasteiger partial charge >= 0.3 is 0 Å². The van der Waals surface area contributed by atoms with Gasteiger partial charge in [-0.3, -0.25) is 0 Å². The molecule has 0 aliphatic carbocycles. The van der Waals surface area contributed by atoms with Crippen LogP contribution in [0.5, 0.6) is 5.88 Å². The van der Waals surface area contributed by atoms with E-state index >= 15 is 0 Å². The van der Waals surface area contributed by atoms with Crippen molar-refractivity contribution in [2.75, 3.05) is 25.5 Å². The summed E-state index contributed by atoms with van der Waals surface area (Å²) >= 11 is 0. The molecule has 0 bridgehead atoms. The van der Waals surface area contributed by atoms with Crippen LogP contribution in [0.15, 0.2) is 18.2 Å². The van der Waals surface area contributed by atoms with Gasteiger partial charge in [-0.1, -0.05) is 19.9 Å². The lowest BCUT2D eigenvalue weighted by molar-refractivity contribution is 0.349. The summed E-state index contributed by atoms with van der Waals surface area (Å²) in [6.07, 6.45) is 2.17. The number of nitrogens with zero attached hydrogens (tertiary/aromatic N) is 1. The molecule has 96 valence electrons. The van der Waals surface area contributed by atoms with Gasteiger partial charge in [0.1, 0.15) is 5.82 Å². The Morgan fingerprint density at radius 1 is 1.41 bits per heavy atom. The number of pyridine rings is 1. The molecule has 1 aromatic rings. The molecule has 0 aromatic carbocycles. The van der Waals surface area contributed by atoms with E-state index in [0.29, 0.717) is 5.88 Å². The zero-order chi connectivity index (χ0) is 12.7. The van der Waals surface area contributed by atoms with Crippen LogP contribution in [0.4, 0.5) is 5.82 Å². The molecule has 0 aliphatic heterocycles. The second-order valence-electron chi connectivity index (χ2n) is 4.98. The molecule has 0 amide bonds. The number of methoxy groups -OCH3 is 1. The molecule has 1 heterocycles. The standard InChI is InChI=1S/C13H23N3O/c1-13(2,8-5-9-14)10-15-11-6-4-7-12(16-11)17-3/h4,6-7H,5,8-10,14H2,1-3H3,(H,15,16). The molecule has 0 fully saturated rings. The maximum atomic E-state index is 5.53. The van der Waals surface area contributed by atoms with Gasteiger partial charge in [0.05, 0.1) is 7.11 Å². The van der Waals surface area contributed by atoms with Crippen LogP contribution in [0, 0.1) is 5.41 Å². The SMILES string of the molecule is COc1cccc(NCC(C)(C)CCCN)n1. The predicted molar refractivity (Wildman–Crippen MR) is 71.3 cm³/mol. The zero-order valence-electron chi connectivity index (χ0n) is 11.0. The van der Waals surface area contributed by atoms with Gasteiger partial charge in [0, 0.05) is 12.6 Å². The number of anilines is 1. The van der Waals surface area contributed by atoms with E-state index in [2.05, 4.69) is 24.1 Å². The molecule has 4 heteroatoms. The third-order valence-corrected chi connectivity index (χ3v) is 2.74. The summed E-state index contributed by atoms with van der Waals surface area (Å²) in [4.78, 5) is 4.32. The second kappa shape index (κ2) is 6.45. The molecule has 0 saturated heterocycles. The first-order valence-electron chi connectivity index (χ1n) is 6.02. The van der Waals surface area contributed by atoms with Crippen LogP contribution in [0.3, 0.4) is 0 Å². The summed E-state index contributed by atoms with van der Waals surface area (Å²) < 4.78 is 5.08. The van der Waals surface area contributed by atoms with E-state index in [-0.39, 0.29) is 5.41 Å². The number of nitrogens with one attached hydrogen (secondary N) is 1. The Labute approximate surface area is 104 Å². The number of hydrogen-bond donors (Lipinski definition) is 2. The fourth-order valence-corrected chi connectivity index (χ4v) is 1.63. The average molecular weight is 237 g/mol. The topological polar surface area (TPSA) is 60.2 Å². The van der Waals surface area contributed by atoms with E-state index in [1.54, 1.807) is 7.11 Å². The minimum absolute atomic E-state index is 0.226. The molecule has 1 rings (SSSR count). The Morgan fingerprint density at radius 2 is 2.18 bits per heavy atom. The largest absolute Gasteiger partial charge is 0.481 e. The molecule has 17 heavy (non-hydrogen) atoms. The van der Waals surface area contributed by atoms with Crippen LogP contribution < -0.4 is 15.8 Å². The van der Waals surface area contributed by atoms with Crippen molar-refractivity contribution in [2.24, 2.45) is 11.1 Å². The monoisotopic (exact) mass is 237 g/mol. The number of nitrogens with two attached hydrogens (primary N) is 1. The molecule has 4 nitrogen and oxygen atoms in total. The van der Waals surface area contributed by atoms with Crippen molar-refractivity contribution in [2.45, 2.75) is 26.7 Å². The Hall–Kier alpha value is -1.29. The van der Waals surface area contributed by atoms with E-state index in [1.165, 1.54) is 0 Å². The van der Waals surface area contributed by atoms with E-state index in [0.717, 1.165) is 31.7 Å². The molecule has 0 saturated carbocycles. The van der Waals surface area contributed by atoms with Crippen molar-refractivity contribution in [1.29, 1.82) is 0 Å². The lowest BCUT2D eigenvalue weighted by atomic mass is 9.88. The third-order valence-electron chi connectivity index (χ3n) is 2.74. The molecule has 0 radical (unpaired) electrons. The van der Waals surface area contributed by atoms with Crippen LogP contribution in [-0.2, 0) is 0 Å². The maximum absolute atomic E-state index is 5.53. The fourth-order valence-electron chi connectivity index (χ4n) is 1.63. The molecule has 0 spiro atoms. The van der Waals surface area contributed by atoms with E-state index < -0.39 is 0 Å². The van der Waals surface area contributed by atoms with Crippen molar-refractivity contribution in [3.8, 4) is 5.88 Å². The Morgan fingerprint density at radius 3 is 2.82 bits per heavy atom. The second-order valence-corrected chi connectivity index (χ2v) is 4.98. The first kappa shape index (κ1) is 13.8. The van der Waals surface area contributed by atoms with Crippen molar-refractivity contribution in [3.05, 3.63) is 18.2 Å². The van der Waals surface area contributed by atoms with Crippen LogP contribution in [-0.4, -0.2) is 25.2 Å². The molecule has 0 atom stereocenters. The van der Waals surface area contributed by atoms with Gasteiger partial charge in [0.2, 0.25) is 5.88 Å². The van der Waals surface area contributed by atoms with E-state index in [1.807, 2.05) is 18.2 Å². The lowest BCUT2D eigenvalue weighted by Crippen LogP contribution is -2.24. The normalized spacial score (nSPS) is 11.3. The van der Waals surface area contributed by atoms with Gasteiger partial charge in [0.15, 0.2) is 0 Å². The highest BCUT2D eigenvalue weighted by molar-refractivity contribution is 5.37. The first-order chi connectivity index (χ1) is 8.07. The summed E-state index contributed by atoms with van der Waals surface area (Å²) in [5.41, 5.74) is 5.76. The summed E-state index contributed by atoms with van der Waals surface area (Å²) in [7, 11) is 1.62. The fraction of sp³-hybridized carbons (Fsp3) is 0.615. The van der Waals surface area contributed by atoms with Gasteiger partial charge in [-0.25, -0.2) is 0 Å². The number of ether oxygens (including phenoxy) is 1. The lowest BCUT2D eigenvalue weighted by Gasteiger charge is -2.25. The van der Waals surface area contributed by atoms with E-state index in [4.69, 9.17) is 10.5 Å². The Bertz CT molecular complexity index is 339. The van der Waals surface area contributed by atoms with Crippen LogP contribution in [0.1, 0.15) is 26.7 Å². The molecule has 3 N–H and O–H groups in total. The van der Waals surface area contributed by atoms with Gasteiger partial charge in [0.25, 0.3) is 0 Å². The summed E-state index contributed by atoms with van der Waals surface area (Å²) in [6, 6.07) is 5.72. The van der Waals surface area contributed by atoms with Crippen molar-refractivity contribution < 1.29 is 4.74 Å². The van der Waals surface area contributed by atoms with Crippen molar-refractivity contribution in [3.63, 3.8) is 0 Å². The highest BCUT2D eigenvalue weighted by Crippen LogP contribution is 2.22. The first-order valence-corrected chi connectivity index (χ1v) is 6.02.